The summed E-state index contributed by atoms with van der Waals surface area (Å²) in [7, 11) is -3.09. The van der Waals surface area contributed by atoms with Gasteiger partial charge in [-0.2, -0.15) is 0 Å². The van der Waals surface area contributed by atoms with Crippen molar-refractivity contribution in [2.75, 3.05) is 6.26 Å². The average Bonchev–Trinajstić information content (AvgIpc) is 2.47. The second-order valence-electron chi connectivity index (χ2n) is 6.00. The van der Waals surface area contributed by atoms with Crippen molar-refractivity contribution in [3.63, 3.8) is 0 Å². The summed E-state index contributed by atoms with van der Waals surface area (Å²) in [5.41, 5.74) is 0.139. The Balaban J connectivity index is 2.26. The highest BCUT2D eigenvalue weighted by atomic mass is 32.2. The Morgan fingerprint density at radius 3 is 1.84 bits per heavy atom. The van der Waals surface area contributed by atoms with Gasteiger partial charge in [-0.3, -0.25) is 0 Å². The van der Waals surface area contributed by atoms with Crippen LogP contribution in [-0.2, 0) is 19.0 Å². The van der Waals surface area contributed by atoms with Gasteiger partial charge in [-0.1, -0.05) is 12.1 Å². The second kappa shape index (κ2) is 4.33. The van der Waals surface area contributed by atoms with Crippen LogP contribution in [0.5, 0.6) is 0 Å². The van der Waals surface area contributed by atoms with Crippen LogP contribution in [0.3, 0.4) is 0 Å². The molecule has 1 aliphatic rings. The lowest BCUT2D eigenvalue weighted by Gasteiger charge is -2.32. The van der Waals surface area contributed by atoms with Crippen molar-refractivity contribution in [1.29, 1.82) is 4.78 Å². The SMILES string of the molecule is CC1(C)OB(c2ccc([S@@](C)(=N)=O)cc2)OC1(C)C. The Morgan fingerprint density at radius 1 is 1.05 bits per heavy atom. The third-order valence-electron chi connectivity index (χ3n) is 3.86. The lowest BCUT2D eigenvalue weighted by molar-refractivity contribution is 0.00578. The van der Waals surface area contributed by atoms with E-state index >= 15 is 0 Å². The van der Waals surface area contributed by atoms with Gasteiger partial charge in [0.15, 0.2) is 0 Å². The lowest BCUT2D eigenvalue weighted by Crippen LogP contribution is -2.41. The van der Waals surface area contributed by atoms with Crippen molar-refractivity contribution >= 4 is 22.3 Å². The van der Waals surface area contributed by atoms with Crippen LogP contribution < -0.4 is 5.46 Å². The number of hydrogen-bond donors (Lipinski definition) is 1. The van der Waals surface area contributed by atoms with Crippen LogP contribution in [0.15, 0.2) is 29.2 Å². The molecule has 1 N–H and O–H groups in total. The van der Waals surface area contributed by atoms with E-state index < -0.39 is 16.8 Å². The summed E-state index contributed by atoms with van der Waals surface area (Å²) in [5, 5.41) is 0. The Bertz CT molecular complexity index is 562. The van der Waals surface area contributed by atoms with Crippen LogP contribution in [-0.4, -0.2) is 28.8 Å². The summed E-state index contributed by atoms with van der Waals surface area (Å²) < 4.78 is 31.0. The minimum absolute atomic E-state index is 0.371. The van der Waals surface area contributed by atoms with Crippen LogP contribution in [0.2, 0.25) is 0 Å². The average molecular weight is 281 g/mol. The molecule has 1 heterocycles. The first-order valence-electron chi connectivity index (χ1n) is 6.22. The van der Waals surface area contributed by atoms with Crippen LogP contribution >= 0.6 is 0 Å². The maximum Gasteiger partial charge on any atom is 0.494 e. The minimum Gasteiger partial charge on any atom is -0.399 e. The van der Waals surface area contributed by atoms with Crippen LogP contribution in [0, 0.1) is 4.78 Å². The van der Waals surface area contributed by atoms with Gasteiger partial charge in [0.1, 0.15) is 0 Å². The number of nitrogens with one attached hydrogen (secondary N) is 1. The fourth-order valence-electron chi connectivity index (χ4n) is 1.86. The summed E-state index contributed by atoms with van der Waals surface area (Å²) in [4.78, 5) is 0.521. The monoisotopic (exact) mass is 281 g/mol. The zero-order chi connectivity index (χ0) is 14.5. The van der Waals surface area contributed by atoms with E-state index in [9.17, 15) is 4.21 Å². The largest absolute Gasteiger partial charge is 0.494 e. The molecule has 0 spiro atoms. The molecule has 0 aliphatic carbocycles. The van der Waals surface area contributed by atoms with Crippen molar-refractivity contribution in [2.24, 2.45) is 0 Å². The highest BCUT2D eigenvalue weighted by molar-refractivity contribution is 7.91. The first-order valence-corrected chi connectivity index (χ1v) is 8.19. The van der Waals surface area contributed by atoms with Gasteiger partial charge < -0.3 is 9.31 Å². The summed E-state index contributed by atoms with van der Waals surface area (Å²) in [6.45, 7) is 8.02. The molecule has 0 unspecified atom stereocenters. The van der Waals surface area contributed by atoms with Gasteiger partial charge in [0.05, 0.1) is 20.9 Å². The second-order valence-corrected chi connectivity index (χ2v) is 8.16. The molecule has 1 aromatic rings. The topological polar surface area (TPSA) is 59.4 Å². The van der Waals surface area contributed by atoms with E-state index in [1.54, 1.807) is 12.1 Å². The molecule has 0 aromatic heterocycles. The molecule has 1 atom stereocenters. The molecule has 4 nitrogen and oxygen atoms in total. The third-order valence-corrected chi connectivity index (χ3v) is 5.03. The van der Waals surface area contributed by atoms with E-state index in [-0.39, 0.29) is 11.2 Å². The van der Waals surface area contributed by atoms with E-state index in [4.69, 9.17) is 14.1 Å². The van der Waals surface area contributed by atoms with E-state index in [2.05, 4.69) is 0 Å². The fourth-order valence-corrected chi connectivity index (χ4v) is 2.52. The molecule has 0 saturated carbocycles. The van der Waals surface area contributed by atoms with Crippen molar-refractivity contribution in [3.05, 3.63) is 24.3 Å². The molecule has 1 aliphatic heterocycles. The van der Waals surface area contributed by atoms with Gasteiger partial charge in [-0.05, 0) is 45.3 Å². The first-order chi connectivity index (χ1) is 8.53. The van der Waals surface area contributed by atoms with E-state index in [0.29, 0.717) is 4.90 Å². The van der Waals surface area contributed by atoms with Crippen LogP contribution in [0.25, 0.3) is 0 Å². The van der Waals surface area contributed by atoms with E-state index in [1.807, 2.05) is 39.8 Å². The number of benzene rings is 1. The third kappa shape index (κ3) is 2.71. The van der Waals surface area contributed by atoms with E-state index in [0.717, 1.165) is 5.46 Å². The predicted octanol–water partition coefficient (Wildman–Crippen LogP) is 2.02. The van der Waals surface area contributed by atoms with E-state index in [1.165, 1.54) is 6.26 Å². The van der Waals surface area contributed by atoms with Crippen molar-refractivity contribution < 1.29 is 13.5 Å². The maximum absolute atomic E-state index is 11.6. The Kier molecular flexibility index (Phi) is 3.32. The molecular formula is C13H20BNO3S. The summed E-state index contributed by atoms with van der Waals surface area (Å²) >= 11 is 0. The lowest BCUT2D eigenvalue weighted by atomic mass is 9.79. The zero-order valence-electron chi connectivity index (χ0n) is 12.0. The molecule has 6 heteroatoms. The summed E-state index contributed by atoms with van der Waals surface area (Å²) in [6, 6.07) is 7.04. The highest BCUT2D eigenvalue weighted by Gasteiger charge is 2.51. The Morgan fingerprint density at radius 2 is 1.47 bits per heavy atom. The molecule has 0 radical (unpaired) electrons. The molecule has 1 fully saturated rings. The molecule has 19 heavy (non-hydrogen) atoms. The van der Waals surface area contributed by atoms with Crippen LogP contribution in [0.4, 0.5) is 0 Å². The molecule has 1 aromatic carbocycles. The Labute approximate surface area is 115 Å². The molecule has 2 rings (SSSR count). The smallest absolute Gasteiger partial charge is 0.399 e. The fraction of sp³-hybridized carbons (Fsp3) is 0.538. The first kappa shape index (κ1) is 14.6. The van der Waals surface area contributed by atoms with Crippen molar-refractivity contribution in [3.8, 4) is 0 Å². The highest BCUT2D eigenvalue weighted by Crippen LogP contribution is 2.36. The van der Waals surface area contributed by atoms with Gasteiger partial charge in [-0.15, -0.1) is 0 Å². The van der Waals surface area contributed by atoms with Gasteiger partial charge >= 0.3 is 7.12 Å². The van der Waals surface area contributed by atoms with Gasteiger partial charge in [0.25, 0.3) is 0 Å². The summed E-state index contributed by atoms with van der Waals surface area (Å²) in [6.07, 6.45) is 1.41. The number of hydrogen-bond acceptors (Lipinski definition) is 4. The zero-order valence-corrected chi connectivity index (χ0v) is 12.8. The Hall–Kier alpha value is -0.845. The van der Waals surface area contributed by atoms with Crippen molar-refractivity contribution in [1.82, 2.24) is 0 Å². The van der Waals surface area contributed by atoms with Crippen LogP contribution in [0.1, 0.15) is 27.7 Å². The van der Waals surface area contributed by atoms with Gasteiger partial charge in [-0.25, -0.2) is 8.99 Å². The maximum atomic E-state index is 11.6. The quantitative estimate of drug-likeness (QED) is 0.844. The molecule has 0 amide bonds. The minimum atomic E-state index is -2.67. The molecule has 1 saturated heterocycles. The molecular weight excluding hydrogens is 261 g/mol. The van der Waals surface area contributed by atoms with Gasteiger partial charge in [0, 0.05) is 11.2 Å². The molecule has 104 valence electrons. The normalized spacial score (nSPS) is 24.2. The standard InChI is InChI=1S/C13H20BNO3S/c1-12(2)13(3,4)18-14(17-12)10-6-8-11(9-7-10)19(5,15)16/h6-9,15H,1-5H3/t19-/m0/s1. The predicted molar refractivity (Wildman–Crippen MR) is 77.2 cm³/mol. The van der Waals surface area contributed by atoms with Crippen molar-refractivity contribution in [2.45, 2.75) is 43.8 Å². The molecule has 0 bridgehead atoms. The van der Waals surface area contributed by atoms with Gasteiger partial charge in [0.2, 0.25) is 0 Å². The summed E-state index contributed by atoms with van der Waals surface area (Å²) in [5.74, 6) is 0. The number of rotatable bonds is 2.